The number of sulfonamides is 1. The number of rotatable bonds is 7. The van der Waals surface area contributed by atoms with Crippen LogP contribution in [-0.4, -0.2) is 37.3 Å². The van der Waals surface area contributed by atoms with Gasteiger partial charge in [0.1, 0.15) is 0 Å². The molecular formula is C11H20F2N2O4S. The minimum atomic E-state index is -4.70. The summed E-state index contributed by atoms with van der Waals surface area (Å²) in [7, 11) is -4.70. The van der Waals surface area contributed by atoms with E-state index in [0.717, 1.165) is 0 Å². The zero-order valence-corrected chi connectivity index (χ0v) is 12.8. The van der Waals surface area contributed by atoms with E-state index in [4.69, 9.17) is 4.74 Å². The summed E-state index contributed by atoms with van der Waals surface area (Å²) in [4.78, 5) is 11.7. The van der Waals surface area contributed by atoms with Crippen molar-refractivity contribution in [3.8, 4) is 0 Å². The molecule has 0 aliphatic rings. The van der Waals surface area contributed by atoms with Gasteiger partial charge in [-0.05, 0) is 31.9 Å². The maximum atomic E-state index is 12.9. The molecule has 0 saturated carbocycles. The summed E-state index contributed by atoms with van der Waals surface area (Å²) in [5.41, 5.74) is -0.783. The lowest BCUT2D eigenvalue weighted by Crippen LogP contribution is -2.39. The van der Waals surface area contributed by atoms with Gasteiger partial charge >= 0.3 is 11.3 Å². The molecule has 0 aromatic heterocycles. The van der Waals surface area contributed by atoms with Crippen molar-refractivity contribution in [2.45, 2.75) is 40.5 Å². The van der Waals surface area contributed by atoms with Gasteiger partial charge in [-0.1, -0.05) is 18.3 Å². The maximum Gasteiger partial charge on any atom is 0.349 e. The van der Waals surface area contributed by atoms with Crippen LogP contribution < -0.4 is 0 Å². The minimum absolute atomic E-state index is 0.120. The van der Waals surface area contributed by atoms with Gasteiger partial charge in [-0.25, -0.2) is 8.42 Å². The molecule has 0 spiro atoms. The lowest BCUT2D eigenvalue weighted by molar-refractivity contribution is -0.157. The van der Waals surface area contributed by atoms with Gasteiger partial charge in [-0.15, -0.1) is 0 Å². The standard InChI is InChI=1S/C11H20F2N2O4S/c1-5-7-15(20(17,18)10(12)14-13)8-19-9(16)11(3,4)6-2/h5-8H2,1-4H3/b14-10+. The number of halogens is 2. The van der Waals surface area contributed by atoms with E-state index in [1.165, 1.54) is 5.21 Å². The van der Waals surface area contributed by atoms with Gasteiger partial charge in [0.2, 0.25) is 0 Å². The molecule has 0 fully saturated rings. The van der Waals surface area contributed by atoms with Crippen molar-refractivity contribution >= 4 is 21.3 Å². The van der Waals surface area contributed by atoms with Crippen molar-refractivity contribution in [1.82, 2.24) is 4.31 Å². The third-order valence-electron chi connectivity index (χ3n) is 2.87. The van der Waals surface area contributed by atoms with Crippen molar-refractivity contribution in [2.75, 3.05) is 13.3 Å². The summed E-state index contributed by atoms with van der Waals surface area (Å²) in [5.74, 6) is -0.617. The van der Waals surface area contributed by atoms with E-state index in [0.29, 0.717) is 17.1 Å². The molecule has 20 heavy (non-hydrogen) atoms. The predicted octanol–water partition coefficient (Wildman–Crippen LogP) is 2.18. The van der Waals surface area contributed by atoms with E-state index in [1.807, 2.05) is 0 Å². The van der Waals surface area contributed by atoms with Crippen molar-refractivity contribution in [3.63, 3.8) is 0 Å². The Kier molecular flexibility index (Phi) is 7.21. The van der Waals surface area contributed by atoms with Crippen LogP contribution in [0.3, 0.4) is 0 Å². The minimum Gasteiger partial charge on any atom is -0.448 e. The number of carbonyl (C=O) groups excluding carboxylic acids is 1. The van der Waals surface area contributed by atoms with Gasteiger partial charge in [-0.2, -0.15) is 8.70 Å². The van der Waals surface area contributed by atoms with Gasteiger partial charge in [0.15, 0.2) is 6.73 Å². The highest BCUT2D eigenvalue weighted by molar-refractivity contribution is 8.03. The molecule has 0 aliphatic carbocycles. The van der Waals surface area contributed by atoms with E-state index < -0.39 is 33.4 Å². The Hall–Kier alpha value is -1.09. The topological polar surface area (TPSA) is 76.0 Å². The average Bonchev–Trinajstić information content (AvgIpc) is 2.41. The fourth-order valence-corrected chi connectivity index (χ4v) is 2.04. The molecule has 0 aromatic rings. The fraction of sp³-hybridized carbons (Fsp3) is 0.818. The summed E-state index contributed by atoms with van der Waals surface area (Å²) in [6.45, 7) is 5.89. The molecule has 118 valence electrons. The monoisotopic (exact) mass is 314 g/mol. The maximum absolute atomic E-state index is 12.9. The molecule has 0 rings (SSSR count). The zero-order chi connectivity index (χ0) is 16.0. The van der Waals surface area contributed by atoms with Gasteiger partial charge < -0.3 is 4.74 Å². The predicted molar refractivity (Wildman–Crippen MR) is 70.6 cm³/mol. The Morgan fingerprint density at radius 1 is 1.35 bits per heavy atom. The second-order valence-electron chi connectivity index (χ2n) is 4.82. The highest BCUT2D eigenvalue weighted by Crippen LogP contribution is 2.21. The van der Waals surface area contributed by atoms with Crippen LogP contribution in [-0.2, 0) is 19.6 Å². The van der Waals surface area contributed by atoms with Crippen LogP contribution in [0.25, 0.3) is 0 Å². The smallest absolute Gasteiger partial charge is 0.349 e. The molecule has 0 saturated heterocycles. The third kappa shape index (κ3) is 4.78. The van der Waals surface area contributed by atoms with Crippen LogP contribution in [0.5, 0.6) is 0 Å². The number of carbonyl (C=O) groups is 1. The average molecular weight is 314 g/mol. The highest BCUT2D eigenvalue weighted by atomic mass is 32.2. The van der Waals surface area contributed by atoms with Crippen molar-refractivity contribution in [1.29, 1.82) is 0 Å². The molecule has 0 bridgehead atoms. The Morgan fingerprint density at radius 3 is 2.30 bits per heavy atom. The molecule has 0 atom stereocenters. The van der Waals surface area contributed by atoms with Gasteiger partial charge in [0.05, 0.1) is 5.41 Å². The summed E-state index contributed by atoms with van der Waals surface area (Å²) < 4.78 is 53.3. The van der Waals surface area contributed by atoms with Crippen molar-refractivity contribution < 1.29 is 26.8 Å². The molecule has 9 heteroatoms. The second kappa shape index (κ2) is 7.63. The first-order valence-corrected chi connectivity index (χ1v) is 7.59. The summed E-state index contributed by atoms with van der Waals surface area (Å²) in [6, 6.07) is 0. The molecule has 0 aromatic carbocycles. The van der Waals surface area contributed by atoms with Crippen LogP contribution in [0, 0.1) is 5.41 Å². The van der Waals surface area contributed by atoms with E-state index >= 15 is 0 Å². The van der Waals surface area contributed by atoms with E-state index in [9.17, 15) is 22.1 Å². The first kappa shape index (κ1) is 18.9. The van der Waals surface area contributed by atoms with Crippen LogP contribution in [0.1, 0.15) is 40.5 Å². The third-order valence-corrected chi connectivity index (χ3v) is 4.33. The van der Waals surface area contributed by atoms with Crippen LogP contribution in [0.4, 0.5) is 8.87 Å². The van der Waals surface area contributed by atoms with E-state index in [1.54, 1.807) is 27.7 Å². The highest BCUT2D eigenvalue weighted by Gasteiger charge is 2.32. The van der Waals surface area contributed by atoms with Gasteiger partial charge in [0, 0.05) is 6.54 Å². The SMILES string of the molecule is CCCN(COC(=O)C(C)(C)CC)S(=O)(=O)/C(F)=N/F. The molecular weight excluding hydrogens is 294 g/mol. The first-order valence-electron chi connectivity index (χ1n) is 6.15. The fourth-order valence-electron chi connectivity index (χ4n) is 1.12. The van der Waals surface area contributed by atoms with Crippen LogP contribution in [0.2, 0.25) is 0 Å². The quantitative estimate of drug-likeness (QED) is 0.312. The summed E-state index contributed by atoms with van der Waals surface area (Å²) in [5, 5.41) is -0.621. The second-order valence-corrected chi connectivity index (χ2v) is 6.62. The summed E-state index contributed by atoms with van der Waals surface area (Å²) >= 11 is 0. The molecule has 0 unspecified atom stereocenters. The van der Waals surface area contributed by atoms with Crippen molar-refractivity contribution in [3.05, 3.63) is 0 Å². The summed E-state index contributed by atoms with van der Waals surface area (Å²) in [6.07, 6.45) is 0.834. The van der Waals surface area contributed by atoms with Crippen LogP contribution >= 0.6 is 0 Å². The Bertz CT molecular complexity index is 463. The number of nitrogens with zero attached hydrogens (tertiary/aromatic N) is 2. The number of hydrogen-bond donors (Lipinski definition) is 0. The largest absolute Gasteiger partial charge is 0.448 e. The number of ether oxygens (including phenoxy) is 1. The number of hydrogen-bond acceptors (Lipinski definition) is 5. The first-order chi connectivity index (χ1) is 9.13. The van der Waals surface area contributed by atoms with Gasteiger partial charge in [0.25, 0.3) is 10.0 Å². The lowest BCUT2D eigenvalue weighted by atomic mass is 9.91. The Balaban J connectivity index is 4.96. The van der Waals surface area contributed by atoms with Gasteiger partial charge in [-0.3, -0.25) is 4.79 Å². The Morgan fingerprint density at radius 2 is 1.90 bits per heavy atom. The van der Waals surface area contributed by atoms with Crippen LogP contribution in [0.15, 0.2) is 5.21 Å². The molecule has 0 heterocycles. The van der Waals surface area contributed by atoms with Crippen molar-refractivity contribution in [2.24, 2.45) is 10.6 Å². The normalized spacial score (nSPS) is 13.7. The van der Waals surface area contributed by atoms with E-state index in [2.05, 4.69) is 0 Å². The Labute approximate surface area is 117 Å². The molecule has 0 amide bonds. The molecule has 0 radical (unpaired) electrons. The molecule has 0 N–H and O–H groups in total. The number of esters is 1. The lowest BCUT2D eigenvalue weighted by Gasteiger charge is -2.24. The van der Waals surface area contributed by atoms with E-state index in [-0.39, 0.29) is 6.54 Å². The zero-order valence-electron chi connectivity index (χ0n) is 12.0. The molecule has 0 aliphatic heterocycles. The molecule has 6 nitrogen and oxygen atoms in total.